The van der Waals surface area contributed by atoms with Crippen molar-refractivity contribution in [2.24, 2.45) is 17.6 Å². The van der Waals surface area contributed by atoms with Crippen LogP contribution < -0.4 is 5.73 Å². The van der Waals surface area contributed by atoms with Crippen molar-refractivity contribution in [3.05, 3.63) is 42.5 Å². The number of nitrogens with zero attached hydrogens (tertiary/aromatic N) is 1. The first-order valence-electron chi connectivity index (χ1n) is 7.18. The second-order valence-corrected chi connectivity index (χ2v) is 7.69. The average Bonchev–Trinajstić information content (AvgIpc) is 2.89. The summed E-state index contributed by atoms with van der Waals surface area (Å²) in [6.45, 7) is 2.33. The van der Waals surface area contributed by atoms with Crippen LogP contribution >= 0.6 is 0 Å². The molecule has 0 aromatic heterocycles. The topological polar surface area (TPSA) is 80.5 Å². The van der Waals surface area contributed by atoms with Gasteiger partial charge in [-0.1, -0.05) is 43.3 Å². The highest BCUT2D eigenvalue weighted by Crippen LogP contribution is 2.31. The predicted molar refractivity (Wildman–Crippen MR) is 84.6 cm³/mol. The summed E-state index contributed by atoms with van der Waals surface area (Å²) in [5, 5.41) is 1.57. The third-order valence-corrected chi connectivity index (χ3v) is 6.20. The Morgan fingerprint density at radius 1 is 1.14 bits per heavy atom. The summed E-state index contributed by atoms with van der Waals surface area (Å²) in [5.41, 5.74) is 5.36. The molecule has 1 aliphatic rings. The standard InChI is InChI=1S/C16H18N2O3S/c1-11-9-18(10-14(11)16(17)19)22(20,21)15-8-4-6-12-5-2-3-7-13(12)15/h2-8,11,14H,9-10H2,1H3,(H2,17,19)/t11-,14-/m1/s1. The van der Waals surface area contributed by atoms with Crippen molar-refractivity contribution in [1.29, 1.82) is 0 Å². The molecular formula is C16H18N2O3S. The van der Waals surface area contributed by atoms with Crippen LogP contribution in [0, 0.1) is 11.8 Å². The van der Waals surface area contributed by atoms with Gasteiger partial charge < -0.3 is 5.73 Å². The van der Waals surface area contributed by atoms with Crippen LogP contribution in [0.1, 0.15) is 6.92 Å². The number of carbonyl (C=O) groups excluding carboxylic acids is 1. The van der Waals surface area contributed by atoms with Gasteiger partial charge in [0.2, 0.25) is 15.9 Å². The van der Waals surface area contributed by atoms with Gasteiger partial charge in [-0.3, -0.25) is 4.79 Å². The molecule has 1 aliphatic heterocycles. The molecule has 0 saturated carbocycles. The van der Waals surface area contributed by atoms with Gasteiger partial charge in [0.25, 0.3) is 0 Å². The van der Waals surface area contributed by atoms with Gasteiger partial charge in [0.15, 0.2) is 0 Å². The van der Waals surface area contributed by atoms with E-state index in [1.165, 1.54) is 4.31 Å². The van der Waals surface area contributed by atoms with Crippen molar-refractivity contribution < 1.29 is 13.2 Å². The molecular weight excluding hydrogens is 300 g/mol. The van der Waals surface area contributed by atoms with Gasteiger partial charge in [0.05, 0.1) is 10.8 Å². The molecule has 0 unspecified atom stereocenters. The van der Waals surface area contributed by atoms with Gasteiger partial charge in [-0.15, -0.1) is 0 Å². The fourth-order valence-electron chi connectivity index (χ4n) is 3.05. The van der Waals surface area contributed by atoms with E-state index in [1.807, 2.05) is 31.2 Å². The zero-order valence-electron chi connectivity index (χ0n) is 12.3. The van der Waals surface area contributed by atoms with Crippen LogP contribution in [0.3, 0.4) is 0 Å². The van der Waals surface area contributed by atoms with Crippen LogP contribution in [0.25, 0.3) is 10.8 Å². The number of hydrogen-bond donors (Lipinski definition) is 1. The van der Waals surface area contributed by atoms with E-state index in [-0.39, 0.29) is 17.4 Å². The molecule has 0 spiro atoms. The van der Waals surface area contributed by atoms with Crippen LogP contribution in [-0.2, 0) is 14.8 Å². The molecule has 1 fully saturated rings. The zero-order valence-corrected chi connectivity index (χ0v) is 13.1. The van der Waals surface area contributed by atoms with Crippen LogP contribution in [0.4, 0.5) is 0 Å². The van der Waals surface area contributed by atoms with E-state index in [1.54, 1.807) is 18.2 Å². The maximum absolute atomic E-state index is 12.9. The molecule has 1 amide bonds. The third-order valence-electron chi connectivity index (χ3n) is 4.31. The summed E-state index contributed by atoms with van der Waals surface area (Å²) in [4.78, 5) is 11.7. The van der Waals surface area contributed by atoms with Gasteiger partial charge in [0.1, 0.15) is 0 Å². The Hall–Kier alpha value is -1.92. The Labute approximate surface area is 129 Å². The molecule has 5 nitrogen and oxygen atoms in total. The normalized spacial score (nSPS) is 23.0. The lowest BCUT2D eigenvalue weighted by Crippen LogP contribution is -2.32. The molecule has 2 atom stereocenters. The average molecular weight is 318 g/mol. The molecule has 116 valence electrons. The van der Waals surface area contributed by atoms with Crippen LogP contribution in [0.5, 0.6) is 0 Å². The second kappa shape index (κ2) is 5.37. The van der Waals surface area contributed by atoms with E-state index >= 15 is 0 Å². The minimum absolute atomic E-state index is 0.0674. The minimum atomic E-state index is -3.64. The highest BCUT2D eigenvalue weighted by molar-refractivity contribution is 7.89. The highest BCUT2D eigenvalue weighted by atomic mass is 32.2. The van der Waals surface area contributed by atoms with Crippen molar-refractivity contribution in [2.45, 2.75) is 11.8 Å². The van der Waals surface area contributed by atoms with Gasteiger partial charge in [-0.2, -0.15) is 4.31 Å². The number of hydrogen-bond acceptors (Lipinski definition) is 3. The van der Waals surface area contributed by atoms with Crippen molar-refractivity contribution in [3.63, 3.8) is 0 Å². The van der Waals surface area contributed by atoms with Crippen molar-refractivity contribution in [2.75, 3.05) is 13.1 Å². The van der Waals surface area contributed by atoms with E-state index in [9.17, 15) is 13.2 Å². The lowest BCUT2D eigenvalue weighted by molar-refractivity contribution is -0.122. The maximum atomic E-state index is 12.9. The second-order valence-electron chi connectivity index (χ2n) is 5.79. The Morgan fingerprint density at radius 3 is 2.50 bits per heavy atom. The molecule has 3 rings (SSSR count). The molecule has 6 heteroatoms. The summed E-state index contributed by atoms with van der Waals surface area (Å²) in [6.07, 6.45) is 0. The molecule has 2 N–H and O–H groups in total. The van der Waals surface area contributed by atoms with Crippen LogP contribution in [0.15, 0.2) is 47.4 Å². The van der Waals surface area contributed by atoms with E-state index in [0.29, 0.717) is 11.9 Å². The smallest absolute Gasteiger partial charge is 0.243 e. The van der Waals surface area contributed by atoms with Gasteiger partial charge in [0, 0.05) is 18.5 Å². The van der Waals surface area contributed by atoms with Crippen LogP contribution in [-0.4, -0.2) is 31.7 Å². The van der Waals surface area contributed by atoms with E-state index in [2.05, 4.69) is 0 Å². The summed E-state index contributed by atoms with van der Waals surface area (Å²) < 4.78 is 27.2. The molecule has 2 aromatic rings. The van der Waals surface area contributed by atoms with E-state index < -0.39 is 21.8 Å². The van der Waals surface area contributed by atoms with E-state index in [0.717, 1.165) is 5.39 Å². The van der Waals surface area contributed by atoms with Gasteiger partial charge in [-0.25, -0.2) is 8.42 Å². The number of rotatable bonds is 3. The van der Waals surface area contributed by atoms with Crippen LogP contribution in [0.2, 0.25) is 0 Å². The Kier molecular flexibility index (Phi) is 3.66. The van der Waals surface area contributed by atoms with Gasteiger partial charge in [-0.05, 0) is 17.4 Å². The summed E-state index contributed by atoms with van der Waals surface area (Å²) in [5.74, 6) is -0.935. The fourth-order valence-corrected chi connectivity index (χ4v) is 4.83. The lowest BCUT2D eigenvalue weighted by Gasteiger charge is -2.17. The third kappa shape index (κ3) is 2.38. The number of benzene rings is 2. The molecule has 0 radical (unpaired) electrons. The van der Waals surface area contributed by atoms with Crippen molar-refractivity contribution >= 4 is 26.7 Å². The SMILES string of the molecule is C[C@@H]1CN(S(=O)(=O)c2cccc3ccccc23)C[C@H]1C(N)=O. The first kappa shape index (κ1) is 15.0. The summed E-state index contributed by atoms with van der Waals surface area (Å²) in [6, 6.07) is 12.6. The molecule has 2 aromatic carbocycles. The fraction of sp³-hybridized carbons (Fsp3) is 0.312. The number of nitrogens with two attached hydrogens (primary N) is 1. The Balaban J connectivity index is 2.05. The molecule has 0 bridgehead atoms. The number of primary amides is 1. The summed E-state index contributed by atoms with van der Waals surface area (Å²) in [7, 11) is -3.64. The number of carbonyl (C=O) groups is 1. The monoisotopic (exact) mass is 318 g/mol. The lowest BCUT2D eigenvalue weighted by atomic mass is 9.98. The minimum Gasteiger partial charge on any atom is -0.369 e. The van der Waals surface area contributed by atoms with Crippen molar-refractivity contribution in [1.82, 2.24) is 4.31 Å². The zero-order chi connectivity index (χ0) is 15.9. The largest absolute Gasteiger partial charge is 0.369 e. The Morgan fingerprint density at radius 2 is 1.82 bits per heavy atom. The Bertz CT molecular complexity index is 827. The number of fused-ring (bicyclic) bond motifs is 1. The molecule has 0 aliphatic carbocycles. The summed E-state index contributed by atoms with van der Waals surface area (Å²) >= 11 is 0. The first-order valence-corrected chi connectivity index (χ1v) is 8.62. The molecule has 22 heavy (non-hydrogen) atoms. The number of sulfonamides is 1. The number of amides is 1. The first-order chi connectivity index (χ1) is 10.4. The van der Waals surface area contributed by atoms with E-state index in [4.69, 9.17) is 5.73 Å². The quantitative estimate of drug-likeness (QED) is 0.933. The molecule has 1 heterocycles. The predicted octanol–water partition coefficient (Wildman–Crippen LogP) is 1.58. The molecule has 1 saturated heterocycles. The highest BCUT2D eigenvalue weighted by Gasteiger charge is 2.40. The maximum Gasteiger partial charge on any atom is 0.243 e. The van der Waals surface area contributed by atoms with Crippen molar-refractivity contribution in [3.8, 4) is 0 Å². The van der Waals surface area contributed by atoms with Gasteiger partial charge >= 0.3 is 0 Å².